The number of hydrogen-bond acceptors (Lipinski definition) is 8. The van der Waals surface area contributed by atoms with Gasteiger partial charge in [-0.05, 0) is 70.6 Å². The van der Waals surface area contributed by atoms with Crippen molar-refractivity contribution in [1.82, 2.24) is 5.32 Å². The number of primary amides is 1. The number of ether oxygens (including phenoxy) is 2. The highest BCUT2D eigenvalue weighted by Gasteiger charge is 2.51. The minimum Gasteiger partial charge on any atom is -0.494 e. The number of carbonyl (C=O) groups excluding carboxylic acids is 3. The first-order chi connectivity index (χ1) is 23.9. The summed E-state index contributed by atoms with van der Waals surface area (Å²) in [4.78, 5) is 39.4. The maximum atomic E-state index is 13.9. The number of esters is 1. The quantitative estimate of drug-likeness (QED) is 0.0515. The van der Waals surface area contributed by atoms with E-state index in [2.05, 4.69) is 12.2 Å². The second-order valence-electron chi connectivity index (χ2n) is 14.2. The predicted molar refractivity (Wildman–Crippen MR) is 196 cm³/mol. The molecule has 0 aliphatic heterocycles. The summed E-state index contributed by atoms with van der Waals surface area (Å²) in [7, 11) is -3.11. The van der Waals surface area contributed by atoms with Gasteiger partial charge in [-0.3, -0.25) is 9.59 Å². The zero-order valence-electron chi connectivity index (χ0n) is 31.3. The van der Waals surface area contributed by atoms with E-state index >= 15 is 0 Å². The fraction of sp³-hybridized carbons (Fsp3) is 0.711. The summed E-state index contributed by atoms with van der Waals surface area (Å²) in [6.07, 6.45) is 7.56. The molecule has 0 heterocycles. The highest BCUT2D eigenvalue weighted by Crippen LogP contribution is 2.31. The van der Waals surface area contributed by atoms with Crippen molar-refractivity contribution in [2.24, 2.45) is 11.7 Å². The van der Waals surface area contributed by atoms with Gasteiger partial charge in [0.25, 0.3) is 0 Å². The van der Waals surface area contributed by atoms with Crippen LogP contribution in [0.2, 0.25) is 0 Å². The Morgan fingerprint density at radius 2 is 1.47 bits per heavy atom. The Kier molecular flexibility index (Phi) is 21.2. The van der Waals surface area contributed by atoms with Gasteiger partial charge in [-0.15, -0.1) is 0 Å². The number of alkyl halides is 2. The van der Waals surface area contributed by atoms with Gasteiger partial charge in [-0.1, -0.05) is 83.1 Å². The molecule has 0 aliphatic carbocycles. The lowest BCUT2D eigenvalue weighted by Gasteiger charge is -2.34. The number of unbranched alkanes of at least 4 members (excludes halogenated alkanes) is 9. The van der Waals surface area contributed by atoms with Gasteiger partial charge in [0.2, 0.25) is 18.2 Å². The van der Waals surface area contributed by atoms with Crippen LogP contribution in [-0.2, 0) is 35.4 Å². The fourth-order valence-corrected chi connectivity index (χ4v) is 6.87. The van der Waals surface area contributed by atoms with Crippen LogP contribution in [0.5, 0.6) is 5.75 Å². The molecule has 3 atom stereocenters. The zero-order valence-corrected chi connectivity index (χ0v) is 32.1. The van der Waals surface area contributed by atoms with Crippen molar-refractivity contribution in [2.75, 3.05) is 18.1 Å². The largest absolute Gasteiger partial charge is 0.494 e. The average molecular weight is 745 g/mol. The Bertz CT molecular complexity index is 1320. The molecule has 13 heteroatoms. The molecule has 0 aromatic heterocycles. The Balaban J connectivity index is 3.05. The summed E-state index contributed by atoms with van der Waals surface area (Å²) in [6.45, 7) is 9.20. The predicted octanol–water partition coefficient (Wildman–Crippen LogP) is 6.61. The maximum Gasteiger partial charge on any atom is 0.340 e. The van der Waals surface area contributed by atoms with Crippen LogP contribution in [0.1, 0.15) is 124 Å². The van der Waals surface area contributed by atoms with Gasteiger partial charge in [0.15, 0.2) is 5.60 Å². The number of nitrogens with one attached hydrogen (secondary N) is 1. The summed E-state index contributed by atoms with van der Waals surface area (Å²) >= 11 is 0. The molecule has 0 fully saturated rings. The SMILES string of the molecule is CCCCCCCS(=O)(=O)CCCCCC/C=C/[C@H](C(=O)N[C@@H](Cc1ccc(OCCCC)cc1)C(N)=O)[C@@](O)(CC(F)F)C(=O)OC(C)(C)C. The third-order valence-electron chi connectivity index (χ3n) is 8.27. The molecular weight excluding hydrogens is 682 g/mol. The number of rotatable bonds is 27. The van der Waals surface area contributed by atoms with Crippen LogP contribution in [-0.4, -0.2) is 73.1 Å². The number of aliphatic hydroxyl groups is 1. The topological polar surface area (TPSA) is 162 Å². The van der Waals surface area contributed by atoms with Gasteiger partial charge in [0.05, 0.1) is 24.0 Å². The van der Waals surface area contributed by atoms with Crippen LogP contribution in [0.3, 0.4) is 0 Å². The number of amides is 2. The number of benzene rings is 1. The zero-order chi connectivity index (χ0) is 38.5. The lowest BCUT2D eigenvalue weighted by Crippen LogP contribution is -2.57. The van der Waals surface area contributed by atoms with Crippen molar-refractivity contribution < 1.29 is 46.2 Å². The van der Waals surface area contributed by atoms with Crippen LogP contribution in [0.25, 0.3) is 0 Å². The van der Waals surface area contributed by atoms with Crippen molar-refractivity contribution in [3.8, 4) is 5.75 Å². The Labute approximate surface area is 304 Å². The Hall–Kier alpha value is -3.06. The van der Waals surface area contributed by atoms with E-state index in [1.807, 2.05) is 6.92 Å². The van der Waals surface area contributed by atoms with Gasteiger partial charge in [0.1, 0.15) is 27.2 Å². The number of hydrogen-bond donors (Lipinski definition) is 3. The van der Waals surface area contributed by atoms with Crippen LogP contribution < -0.4 is 15.8 Å². The molecule has 51 heavy (non-hydrogen) atoms. The van der Waals surface area contributed by atoms with Crippen LogP contribution in [0, 0.1) is 5.92 Å². The van der Waals surface area contributed by atoms with Gasteiger partial charge in [-0.25, -0.2) is 22.0 Å². The number of allylic oxidation sites excluding steroid dienone is 1. The van der Waals surface area contributed by atoms with E-state index in [1.54, 1.807) is 24.3 Å². The molecule has 2 amide bonds. The molecule has 1 aromatic rings. The molecule has 0 saturated heterocycles. The van der Waals surface area contributed by atoms with E-state index in [0.717, 1.165) is 38.5 Å². The van der Waals surface area contributed by atoms with Crippen LogP contribution >= 0.6 is 0 Å². The molecule has 0 radical (unpaired) electrons. The normalized spacial score (nSPS) is 14.6. The van der Waals surface area contributed by atoms with Crippen molar-refractivity contribution in [1.29, 1.82) is 0 Å². The van der Waals surface area contributed by atoms with E-state index < -0.39 is 63.6 Å². The monoisotopic (exact) mass is 744 g/mol. The molecule has 0 saturated carbocycles. The molecule has 0 spiro atoms. The smallest absolute Gasteiger partial charge is 0.340 e. The van der Waals surface area contributed by atoms with E-state index in [0.29, 0.717) is 56.4 Å². The summed E-state index contributed by atoms with van der Waals surface area (Å²) < 4.78 is 63.3. The van der Waals surface area contributed by atoms with Crippen LogP contribution in [0.15, 0.2) is 36.4 Å². The minimum atomic E-state index is -3.18. The minimum absolute atomic E-state index is 0.0406. The molecule has 0 bridgehead atoms. The fourth-order valence-electron chi connectivity index (χ4n) is 5.38. The van der Waals surface area contributed by atoms with Crippen molar-refractivity contribution in [2.45, 2.75) is 148 Å². The van der Waals surface area contributed by atoms with Crippen LogP contribution in [0.4, 0.5) is 8.78 Å². The molecule has 10 nitrogen and oxygen atoms in total. The summed E-state index contributed by atoms with van der Waals surface area (Å²) in [6, 6.07) is 5.56. The van der Waals surface area contributed by atoms with Crippen molar-refractivity contribution in [3.05, 3.63) is 42.0 Å². The van der Waals surface area contributed by atoms with E-state index in [-0.39, 0.29) is 17.9 Å². The average Bonchev–Trinajstić information content (AvgIpc) is 3.03. The van der Waals surface area contributed by atoms with Crippen molar-refractivity contribution in [3.63, 3.8) is 0 Å². The maximum absolute atomic E-state index is 13.9. The lowest BCUT2D eigenvalue weighted by molar-refractivity contribution is -0.188. The standard InChI is InChI=1S/C38H62F2N2O8S/c1-6-8-10-14-17-25-51(47,48)26-18-15-12-11-13-16-19-31(38(46,28-33(39)40)36(45)50-37(3,4)5)35(44)42-32(34(41)43)27-29-20-22-30(23-21-29)49-24-9-7-2/h16,19-23,31-33,46H,6-15,17-18,24-28H2,1-5H3,(H2,41,43)(H,42,44)/b19-16+/t31-,32+,38+/m1/s1. The Morgan fingerprint density at radius 1 is 0.902 bits per heavy atom. The van der Waals surface area contributed by atoms with Crippen molar-refractivity contribution >= 4 is 27.6 Å². The third kappa shape index (κ3) is 19.4. The molecule has 292 valence electrons. The molecule has 1 aromatic carbocycles. The van der Waals surface area contributed by atoms with Gasteiger partial charge >= 0.3 is 5.97 Å². The first-order valence-electron chi connectivity index (χ1n) is 18.4. The third-order valence-corrected chi connectivity index (χ3v) is 10.1. The summed E-state index contributed by atoms with van der Waals surface area (Å²) in [5.41, 5.74) is 2.12. The second-order valence-corrected chi connectivity index (χ2v) is 16.5. The molecular formula is C38H62F2N2O8S. The first kappa shape index (κ1) is 46.0. The molecule has 1 rings (SSSR count). The van der Waals surface area contributed by atoms with E-state index in [9.17, 15) is 36.7 Å². The summed E-state index contributed by atoms with van der Waals surface area (Å²) in [5.74, 6) is -4.26. The highest BCUT2D eigenvalue weighted by atomic mass is 32.2. The van der Waals surface area contributed by atoms with E-state index in [1.165, 1.54) is 32.9 Å². The summed E-state index contributed by atoms with van der Waals surface area (Å²) in [5, 5.41) is 14.0. The molecule has 4 N–H and O–H groups in total. The Morgan fingerprint density at radius 3 is 2.00 bits per heavy atom. The second kappa shape index (κ2) is 23.5. The van der Waals surface area contributed by atoms with Gasteiger partial charge in [-0.2, -0.15) is 0 Å². The van der Waals surface area contributed by atoms with Gasteiger partial charge in [0, 0.05) is 12.8 Å². The lowest BCUT2D eigenvalue weighted by atomic mass is 9.82. The van der Waals surface area contributed by atoms with Gasteiger partial charge < -0.3 is 25.6 Å². The number of nitrogens with two attached hydrogens (primary N) is 1. The highest BCUT2D eigenvalue weighted by molar-refractivity contribution is 7.91. The molecule has 0 aliphatic rings. The van der Waals surface area contributed by atoms with E-state index in [4.69, 9.17) is 15.2 Å². The number of sulfone groups is 1. The number of carbonyl (C=O) groups is 3. The molecule has 0 unspecified atom stereocenters. The number of halogens is 2. The first-order valence-corrected chi connectivity index (χ1v) is 20.2.